The van der Waals surface area contributed by atoms with E-state index in [0.29, 0.717) is 13.1 Å². The summed E-state index contributed by atoms with van der Waals surface area (Å²) >= 11 is 0. The summed E-state index contributed by atoms with van der Waals surface area (Å²) in [4.78, 5) is -0.0738. The zero-order valence-electron chi connectivity index (χ0n) is 10.8. The highest BCUT2D eigenvalue weighted by Gasteiger charge is 2.25. The molecule has 0 aliphatic rings. The molecule has 1 aromatic carbocycles. The van der Waals surface area contributed by atoms with Gasteiger partial charge in [0.05, 0.1) is 11.5 Å². The predicted molar refractivity (Wildman–Crippen MR) is 67.2 cm³/mol. The van der Waals surface area contributed by atoms with Gasteiger partial charge in [0.15, 0.2) is 0 Å². The zero-order chi connectivity index (χ0) is 13.9. The van der Waals surface area contributed by atoms with Crippen molar-refractivity contribution in [1.82, 2.24) is 4.31 Å². The summed E-state index contributed by atoms with van der Waals surface area (Å²) in [6.07, 6.45) is 0. The fourth-order valence-corrected chi connectivity index (χ4v) is 3.51. The van der Waals surface area contributed by atoms with Gasteiger partial charge in [-0.05, 0) is 24.6 Å². The number of sulfonamides is 1. The Morgan fingerprint density at radius 2 is 1.83 bits per heavy atom. The van der Waals surface area contributed by atoms with Crippen molar-refractivity contribution in [3.8, 4) is 0 Å². The average Bonchev–Trinajstić information content (AvgIpc) is 2.33. The molecule has 0 heterocycles. The lowest BCUT2D eigenvalue weighted by Gasteiger charge is -2.20. The smallest absolute Gasteiger partial charge is 0.243 e. The van der Waals surface area contributed by atoms with Crippen LogP contribution in [-0.4, -0.2) is 30.9 Å². The second-order valence-corrected chi connectivity index (χ2v) is 5.85. The maximum absolute atomic E-state index is 13.6. The number of nitrogens with zero attached hydrogens (tertiary/aromatic N) is 1. The summed E-state index contributed by atoms with van der Waals surface area (Å²) < 4.78 is 39.5. The van der Waals surface area contributed by atoms with E-state index in [1.165, 1.54) is 17.3 Å². The van der Waals surface area contributed by atoms with E-state index in [-0.39, 0.29) is 16.0 Å². The van der Waals surface area contributed by atoms with E-state index in [2.05, 4.69) is 0 Å². The maximum Gasteiger partial charge on any atom is 0.243 e. The lowest BCUT2D eigenvalue weighted by molar-refractivity contribution is 0.280. The molecule has 18 heavy (non-hydrogen) atoms. The topological polar surface area (TPSA) is 57.6 Å². The number of hydrogen-bond donors (Lipinski definition) is 1. The highest BCUT2D eigenvalue weighted by molar-refractivity contribution is 7.89. The van der Waals surface area contributed by atoms with Gasteiger partial charge in [0.25, 0.3) is 0 Å². The van der Waals surface area contributed by atoms with Crippen LogP contribution in [0.15, 0.2) is 17.0 Å². The quantitative estimate of drug-likeness (QED) is 0.889. The summed E-state index contributed by atoms with van der Waals surface area (Å²) in [5.74, 6) is -0.618. The van der Waals surface area contributed by atoms with Gasteiger partial charge in [-0.2, -0.15) is 4.31 Å². The third-order valence-electron chi connectivity index (χ3n) is 2.86. The molecular formula is C12H18FNO3S. The Morgan fingerprint density at radius 1 is 1.28 bits per heavy atom. The molecule has 0 spiro atoms. The minimum atomic E-state index is -3.70. The third-order valence-corrected chi connectivity index (χ3v) is 5.04. The van der Waals surface area contributed by atoms with Crippen LogP contribution in [0.25, 0.3) is 0 Å². The molecule has 102 valence electrons. The Morgan fingerprint density at radius 3 is 2.28 bits per heavy atom. The summed E-state index contributed by atoms with van der Waals surface area (Å²) in [5.41, 5.74) is 0.336. The summed E-state index contributed by atoms with van der Waals surface area (Å²) in [6.45, 7) is 5.13. The van der Waals surface area contributed by atoms with Crippen LogP contribution in [0.5, 0.6) is 0 Å². The first-order valence-electron chi connectivity index (χ1n) is 5.78. The molecule has 1 aromatic rings. The summed E-state index contributed by atoms with van der Waals surface area (Å²) in [6, 6.07) is 2.47. The van der Waals surface area contributed by atoms with Gasteiger partial charge in [-0.1, -0.05) is 13.8 Å². The first-order chi connectivity index (χ1) is 8.38. The van der Waals surface area contributed by atoms with Crippen molar-refractivity contribution in [2.24, 2.45) is 0 Å². The Kier molecular flexibility index (Phi) is 4.84. The fraction of sp³-hybridized carbons (Fsp3) is 0.500. The van der Waals surface area contributed by atoms with Crippen LogP contribution in [-0.2, 0) is 16.6 Å². The normalized spacial score (nSPS) is 12.1. The Hall–Kier alpha value is -0.980. The number of halogens is 1. The third kappa shape index (κ3) is 2.71. The molecule has 0 unspecified atom stereocenters. The van der Waals surface area contributed by atoms with Gasteiger partial charge in [0.2, 0.25) is 10.0 Å². The van der Waals surface area contributed by atoms with Gasteiger partial charge in [-0.3, -0.25) is 0 Å². The SMILES string of the molecule is CCN(CC)S(=O)(=O)c1cc(CO)cc(F)c1C. The summed E-state index contributed by atoms with van der Waals surface area (Å²) in [7, 11) is -3.70. The average molecular weight is 275 g/mol. The van der Waals surface area contributed by atoms with Crippen molar-refractivity contribution in [1.29, 1.82) is 0 Å². The molecular weight excluding hydrogens is 257 g/mol. The fourth-order valence-electron chi connectivity index (χ4n) is 1.77. The first-order valence-corrected chi connectivity index (χ1v) is 7.22. The van der Waals surface area contributed by atoms with E-state index in [1.807, 2.05) is 0 Å². The molecule has 0 saturated heterocycles. The summed E-state index contributed by atoms with van der Waals surface area (Å²) in [5, 5.41) is 9.02. The molecule has 4 nitrogen and oxygen atoms in total. The molecule has 1 N–H and O–H groups in total. The minimum absolute atomic E-state index is 0.0738. The van der Waals surface area contributed by atoms with Gasteiger partial charge in [0.1, 0.15) is 5.82 Å². The van der Waals surface area contributed by atoms with Gasteiger partial charge in [-0.25, -0.2) is 12.8 Å². The maximum atomic E-state index is 13.6. The Labute approximate surface area is 107 Å². The van der Waals surface area contributed by atoms with Crippen molar-refractivity contribution in [2.45, 2.75) is 32.3 Å². The largest absolute Gasteiger partial charge is 0.392 e. The van der Waals surface area contributed by atoms with Crippen LogP contribution in [0.3, 0.4) is 0 Å². The van der Waals surface area contributed by atoms with E-state index in [0.717, 1.165) is 6.07 Å². The van der Waals surface area contributed by atoms with Crippen molar-refractivity contribution < 1.29 is 17.9 Å². The van der Waals surface area contributed by atoms with Crippen LogP contribution >= 0.6 is 0 Å². The van der Waals surface area contributed by atoms with Crippen LogP contribution in [0.2, 0.25) is 0 Å². The molecule has 1 rings (SSSR count). The minimum Gasteiger partial charge on any atom is -0.392 e. The molecule has 0 aliphatic heterocycles. The Bertz CT molecular complexity index is 524. The molecule has 0 aromatic heterocycles. The zero-order valence-corrected chi connectivity index (χ0v) is 11.6. The number of aliphatic hydroxyl groups excluding tert-OH is 1. The van der Waals surface area contributed by atoms with Gasteiger partial charge in [-0.15, -0.1) is 0 Å². The van der Waals surface area contributed by atoms with Crippen molar-refractivity contribution >= 4 is 10.0 Å². The molecule has 0 fully saturated rings. The number of aliphatic hydroxyl groups is 1. The van der Waals surface area contributed by atoms with Crippen LogP contribution < -0.4 is 0 Å². The standard InChI is InChI=1S/C12H18FNO3S/c1-4-14(5-2)18(16,17)12-7-10(8-15)6-11(13)9(12)3/h6-7,15H,4-5,8H2,1-3H3. The van der Waals surface area contributed by atoms with Gasteiger partial charge in [0, 0.05) is 18.7 Å². The monoisotopic (exact) mass is 275 g/mol. The second kappa shape index (κ2) is 5.77. The molecule has 0 radical (unpaired) electrons. The molecule has 6 heteroatoms. The molecule has 0 saturated carbocycles. The Balaban J connectivity index is 3.45. The van der Waals surface area contributed by atoms with Crippen LogP contribution in [0.4, 0.5) is 4.39 Å². The highest BCUT2D eigenvalue weighted by Crippen LogP contribution is 2.23. The van der Waals surface area contributed by atoms with E-state index < -0.39 is 22.4 Å². The van der Waals surface area contributed by atoms with E-state index in [9.17, 15) is 12.8 Å². The predicted octanol–water partition coefficient (Wildman–Crippen LogP) is 1.66. The highest BCUT2D eigenvalue weighted by atomic mass is 32.2. The van der Waals surface area contributed by atoms with Crippen LogP contribution in [0, 0.1) is 12.7 Å². The van der Waals surface area contributed by atoms with E-state index in [4.69, 9.17) is 5.11 Å². The number of benzene rings is 1. The first kappa shape index (κ1) is 15.1. The molecule has 0 aliphatic carbocycles. The van der Waals surface area contributed by atoms with E-state index >= 15 is 0 Å². The van der Waals surface area contributed by atoms with E-state index in [1.54, 1.807) is 13.8 Å². The van der Waals surface area contributed by atoms with Gasteiger partial charge >= 0.3 is 0 Å². The number of hydrogen-bond acceptors (Lipinski definition) is 3. The molecule has 0 atom stereocenters. The van der Waals surface area contributed by atoms with Crippen molar-refractivity contribution in [3.05, 3.63) is 29.1 Å². The lowest BCUT2D eigenvalue weighted by Crippen LogP contribution is -2.31. The van der Waals surface area contributed by atoms with Crippen molar-refractivity contribution in [2.75, 3.05) is 13.1 Å². The van der Waals surface area contributed by atoms with Crippen molar-refractivity contribution in [3.63, 3.8) is 0 Å². The van der Waals surface area contributed by atoms with Gasteiger partial charge < -0.3 is 5.11 Å². The second-order valence-electron chi connectivity index (χ2n) is 3.95. The number of rotatable bonds is 5. The molecule has 0 bridgehead atoms. The van der Waals surface area contributed by atoms with Crippen LogP contribution in [0.1, 0.15) is 25.0 Å². The molecule has 0 amide bonds. The lowest BCUT2D eigenvalue weighted by atomic mass is 10.1.